The molecule has 22 heteroatoms. The van der Waals surface area contributed by atoms with Crippen molar-refractivity contribution >= 4 is 33.4 Å². The van der Waals surface area contributed by atoms with Gasteiger partial charge in [0.05, 0.1) is 6.61 Å². The van der Waals surface area contributed by atoms with Crippen molar-refractivity contribution in [3.63, 3.8) is 0 Å². The molecule has 3 unspecified atom stereocenters. The molecule has 1 aliphatic heterocycles. The Labute approximate surface area is 390 Å². The van der Waals surface area contributed by atoms with Crippen LogP contribution in [0.2, 0.25) is 0 Å². The lowest BCUT2D eigenvalue weighted by Gasteiger charge is -2.22. The highest BCUT2D eigenvalue weighted by molar-refractivity contribution is 7.60. The maximum absolute atomic E-state index is 12.7. The maximum Gasteiger partial charge on any atom is 0.483 e. The van der Waals surface area contributed by atoms with Crippen LogP contribution in [0.1, 0.15) is 193 Å². The Morgan fingerprint density at radius 1 is 0.742 bits per heavy atom. The van der Waals surface area contributed by atoms with E-state index in [1.807, 2.05) is 0 Å². The molecule has 0 spiro atoms. The number of esters is 2. The average molecular weight is 986 g/mol. The quantitative estimate of drug-likeness (QED) is 0.0139. The minimum Gasteiger partial charge on any atom is -0.462 e. The van der Waals surface area contributed by atoms with Gasteiger partial charge in [-0.3, -0.25) is 18.7 Å². The van der Waals surface area contributed by atoms with Gasteiger partial charge in [-0.05, 0) is 25.3 Å². The maximum atomic E-state index is 12.7. The van der Waals surface area contributed by atoms with Crippen LogP contribution in [0.25, 0.3) is 0 Å². The van der Waals surface area contributed by atoms with Gasteiger partial charge in [-0.2, -0.15) is 9.29 Å². The number of anilines is 1. The zero-order chi connectivity index (χ0) is 48.6. The van der Waals surface area contributed by atoms with E-state index in [2.05, 4.69) is 26.1 Å². The molecule has 0 radical (unpaired) electrons. The Morgan fingerprint density at radius 2 is 1.21 bits per heavy atom. The standard InChI is InChI=1S/C44H81N3O17P2/c1-2-3-4-5-6-7-8-10-13-16-19-22-25-28-37(49)60-34-35(33-48)61-38(50)29-26-23-20-17-14-11-9-12-15-18-21-24-27-31-45-36-30-32-47(44(54)46-36)42-40(52)39(51)41(62-42)43(53)63-66(58,59)64-65(55,56)57/h30,32,35,39-43,48,51-53H,2-29,31,33-34H2,1H3,(H,58,59)(H,45,46,54)(H2,55,56,57)/t35?,39-,40+,41-,42+,43?/m0/s1. The van der Waals surface area contributed by atoms with E-state index in [1.54, 1.807) is 0 Å². The van der Waals surface area contributed by atoms with E-state index >= 15 is 0 Å². The van der Waals surface area contributed by atoms with Crippen LogP contribution < -0.4 is 11.0 Å². The molecule has 2 rings (SSSR count). The molecule has 66 heavy (non-hydrogen) atoms. The molecular formula is C44H81N3O17P2. The molecule has 1 aliphatic rings. The Kier molecular flexibility index (Phi) is 31.6. The summed E-state index contributed by atoms with van der Waals surface area (Å²) < 4.78 is 47.1. The number of phosphoric ester groups is 1. The van der Waals surface area contributed by atoms with Crippen molar-refractivity contribution in [2.45, 2.75) is 224 Å². The minimum absolute atomic E-state index is 0.120. The number of phosphoric acid groups is 2. The molecular weight excluding hydrogens is 904 g/mol. The van der Waals surface area contributed by atoms with Gasteiger partial charge in [-0.25, -0.2) is 13.9 Å². The highest BCUT2D eigenvalue weighted by Gasteiger charge is 2.50. The van der Waals surface area contributed by atoms with Crippen LogP contribution in [0.15, 0.2) is 17.1 Å². The first-order valence-electron chi connectivity index (χ1n) is 24.3. The van der Waals surface area contributed by atoms with E-state index in [0.29, 0.717) is 13.0 Å². The van der Waals surface area contributed by atoms with E-state index in [1.165, 1.54) is 95.7 Å². The van der Waals surface area contributed by atoms with Crippen LogP contribution in [0.4, 0.5) is 5.82 Å². The molecule has 1 aromatic heterocycles. The predicted molar refractivity (Wildman–Crippen MR) is 246 cm³/mol. The number of ether oxygens (including phenoxy) is 3. The van der Waals surface area contributed by atoms with Crippen LogP contribution in [0.5, 0.6) is 0 Å². The zero-order valence-corrected chi connectivity index (χ0v) is 40.8. The van der Waals surface area contributed by atoms with Gasteiger partial charge in [0, 0.05) is 25.6 Å². The number of carbonyl (C=O) groups is 2. The van der Waals surface area contributed by atoms with Crippen molar-refractivity contribution in [1.82, 2.24) is 9.55 Å². The number of aliphatic hydroxyl groups excluding tert-OH is 4. The number of rotatable bonds is 41. The van der Waals surface area contributed by atoms with E-state index in [-0.39, 0.29) is 37.4 Å². The molecule has 20 nitrogen and oxygen atoms in total. The Morgan fingerprint density at radius 3 is 1.68 bits per heavy atom. The van der Waals surface area contributed by atoms with E-state index < -0.39 is 58.3 Å². The summed E-state index contributed by atoms with van der Waals surface area (Å²) in [6, 6.07) is 1.44. The van der Waals surface area contributed by atoms with Gasteiger partial charge < -0.3 is 54.6 Å². The lowest BCUT2D eigenvalue weighted by atomic mass is 10.0. The van der Waals surface area contributed by atoms with E-state index in [9.17, 15) is 48.8 Å². The van der Waals surface area contributed by atoms with Crippen LogP contribution in [0.3, 0.4) is 0 Å². The van der Waals surface area contributed by atoms with Gasteiger partial charge in [-0.15, -0.1) is 0 Å². The number of nitrogens with one attached hydrogen (secondary N) is 1. The molecule has 0 aromatic carbocycles. The summed E-state index contributed by atoms with van der Waals surface area (Å²) in [5, 5.41) is 43.4. The third-order valence-electron chi connectivity index (χ3n) is 11.4. The van der Waals surface area contributed by atoms with Gasteiger partial charge in [-0.1, -0.05) is 155 Å². The second-order valence-electron chi connectivity index (χ2n) is 17.3. The zero-order valence-electron chi connectivity index (χ0n) is 39.0. The first-order valence-corrected chi connectivity index (χ1v) is 27.4. The number of aliphatic hydroxyl groups is 4. The molecule has 1 saturated heterocycles. The molecule has 0 amide bonds. The highest BCUT2D eigenvalue weighted by atomic mass is 31.3. The molecule has 1 fully saturated rings. The summed E-state index contributed by atoms with van der Waals surface area (Å²) in [7, 11) is -11.0. The molecule has 7 atom stereocenters. The molecule has 0 saturated carbocycles. The Hall–Kier alpha value is -2.32. The van der Waals surface area contributed by atoms with Crippen molar-refractivity contribution in [1.29, 1.82) is 0 Å². The third kappa shape index (κ3) is 27.6. The average Bonchev–Trinajstić information content (AvgIpc) is 3.55. The molecule has 0 aliphatic carbocycles. The fourth-order valence-electron chi connectivity index (χ4n) is 7.68. The minimum atomic E-state index is -5.52. The first-order chi connectivity index (χ1) is 31.6. The summed E-state index contributed by atoms with van der Waals surface area (Å²) in [6.45, 7) is 2.29. The number of unbranched alkanes of at least 4 members (excludes halogenated alkanes) is 24. The Balaban J connectivity index is 1.42. The summed E-state index contributed by atoms with van der Waals surface area (Å²) in [4.78, 5) is 67.9. The largest absolute Gasteiger partial charge is 0.483 e. The second-order valence-corrected chi connectivity index (χ2v) is 20.0. The SMILES string of the molecule is CCCCCCCCCCCCCCCC(=O)OCC(CO)OC(=O)CCCCCCCCCCCCCCCNc1ccn([C@@H]2O[C@H](C(O)OP(=O)(O)OP(=O)(O)O)[C@@H](O)[C@H]2O)c(=O)n1. The van der Waals surface area contributed by atoms with Gasteiger partial charge in [0.1, 0.15) is 30.7 Å². The fraction of sp³-hybridized carbons (Fsp3) is 0.864. The molecule has 0 bridgehead atoms. The summed E-state index contributed by atoms with van der Waals surface area (Å²) in [5.41, 5.74) is -0.872. The normalized spacial score (nSPS) is 19.3. The summed E-state index contributed by atoms with van der Waals surface area (Å²) >= 11 is 0. The van der Waals surface area contributed by atoms with Gasteiger partial charge in [0.2, 0.25) is 0 Å². The van der Waals surface area contributed by atoms with Crippen molar-refractivity contribution in [3.05, 3.63) is 22.7 Å². The number of hydrogen-bond acceptors (Lipinski definition) is 16. The van der Waals surface area contributed by atoms with Crippen LogP contribution >= 0.6 is 15.6 Å². The van der Waals surface area contributed by atoms with Crippen molar-refractivity contribution in [3.8, 4) is 0 Å². The van der Waals surface area contributed by atoms with Crippen LogP contribution in [0, 0.1) is 0 Å². The number of nitrogens with zero attached hydrogens (tertiary/aromatic N) is 2. The second kappa shape index (κ2) is 34.9. The smallest absolute Gasteiger partial charge is 0.462 e. The monoisotopic (exact) mass is 986 g/mol. The number of hydrogen-bond donors (Lipinski definition) is 8. The van der Waals surface area contributed by atoms with E-state index in [4.69, 9.17) is 24.0 Å². The van der Waals surface area contributed by atoms with Gasteiger partial charge in [0.25, 0.3) is 0 Å². The van der Waals surface area contributed by atoms with E-state index in [0.717, 1.165) is 88.0 Å². The topological polar surface area (TPSA) is 303 Å². The molecule has 1 aromatic rings. The van der Waals surface area contributed by atoms with Crippen molar-refractivity contribution < 1.29 is 76.9 Å². The first kappa shape index (κ1) is 59.8. The summed E-state index contributed by atoms with van der Waals surface area (Å²) in [5.74, 6) is -0.437. The molecule has 384 valence electrons. The van der Waals surface area contributed by atoms with Crippen molar-refractivity contribution in [2.24, 2.45) is 0 Å². The lowest BCUT2D eigenvalue weighted by Crippen LogP contribution is -2.40. The van der Waals surface area contributed by atoms with Crippen molar-refractivity contribution in [2.75, 3.05) is 25.1 Å². The molecule has 2 heterocycles. The van der Waals surface area contributed by atoms with Crippen LogP contribution in [-0.4, -0.2) is 107 Å². The van der Waals surface area contributed by atoms with Crippen LogP contribution in [-0.2, 0) is 41.8 Å². The fourth-order valence-corrected chi connectivity index (χ4v) is 9.30. The molecule has 8 N–H and O–H groups in total. The lowest BCUT2D eigenvalue weighted by molar-refractivity contribution is -0.161. The highest BCUT2D eigenvalue weighted by Crippen LogP contribution is 2.58. The summed E-state index contributed by atoms with van der Waals surface area (Å²) in [6.07, 6.45) is 20.9. The number of carbonyl (C=O) groups excluding carboxylic acids is 2. The van der Waals surface area contributed by atoms with Gasteiger partial charge >= 0.3 is 33.3 Å². The predicted octanol–water partition coefficient (Wildman–Crippen LogP) is 7.21. The number of aromatic nitrogens is 2. The Bertz CT molecular complexity index is 1620. The third-order valence-corrected chi connectivity index (χ3v) is 13.6. The van der Waals surface area contributed by atoms with Gasteiger partial charge in [0.15, 0.2) is 18.6 Å².